The number of thiophene rings is 2. The van der Waals surface area contributed by atoms with Crippen LogP contribution in [0.5, 0.6) is 5.75 Å². The van der Waals surface area contributed by atoms with Gasteiger partial charge in [0.25, 0.3) is 0 Å². The molecule has 0 aliphatic heterocycles. The van der Waals surface area contributed by atoms with Crippen LogP contribution in [0.25, 0.3) is 0 Å². The first-order valence-corrected chi connectivity index (χ1v) is 7.46. The first kappa shape index (κ1) is 13.1. The van der Waals surface area contributed by atoms with Gasteiger partial charge in [-0.2, -0.15) is 11.3 Å². The van der Waals surface area contributed by atoms with Crippen LogP contribution in [0, 0.1) is 0 Å². The third-order valence-corrected chi connectivity index (χ3v) is 4.50. The number of aromatic carboxylic acids is 1. The number of rotatable bonds is 6. The quantitative estimate of drug-likeness (QED) is 0.879. The van der Waals surface area contributed by atoms with Crippen molar-refractivity contribution in [2.24, 2.45) is 0 Å². The highest BCUT2D eigenvalue weighted by Gasteiger charge is 2.16. The molecule has 0 aromatic carbocycles. The van der Waals surface area contributed by atoms with E-state index in [4.69, 9.17) is 9.84 Å². The SMILES string of the molecule is CCc1cc(OCCc2ccsc2)c(C(=O)O)s1. The van der Waals surface area contributed by atoms with E-state index in [1.165, 1.54) is 16.9 Å². The fourth-order valence-electron chi connectivity index (χ4n) is 1.57. The molecule has 0 saturated heterocycles. The molecule has 3 nitrogen and oxygen atoms in total. The normalized spacial score (nSPS) is 10.5. The van der Waals surface area contributed by atoms with Crippen molar-refractivity contribution in [3.8, 4) is 5.75 Å². The van der Waals surface area contributed by atoms with Crippen LogP contribution in [0.15, 0.2) is 22.9 Å². The van der Waals surface area contributed by atoms with Crippen LogP contribution in [0.2, 0.25) is 0 Å². The molecule has 2 aromatic rings. The summed E-state index contributed by atoms with van der Waals surface area (Å²) in [7, 11) is 0. The molecule has 0 aliphatic rings. The summed E-state index contributed by atoms with van der Waals surface area (Å²) in [6.45, 7) is 2.52. The van der Waals surface area contributed by atoms with E-state index in [-0.39, 0.29) is 0 Å². The molecule has 18 heavy (non-hydrogen) atoms. The van der Waals surface area contributed by atoms with E-state index in [1.54, 1.807) is 11.3 Å². The minimum Gasteiger partial charge on any atom is -0.491 e. The number of hydrogen-bond acceptors (Lipinski definition) is 4. The molecule has 0 atom stereocenters. The smallest absolute Gasteiger partial charge is 0.349 e. The molecule has 1 N–H and O–H groups in total. The van der Waals surface area contributed by atoms with E-state index in [0.29, 0.717) is 17.2 Å². The average molecular weight is 282 g/mol. The van der Waals surface area contributed by atoms with Gasteiger partial charge in [0.1, 0.15) is 5.75 Å². The first-order valence-electron chi connectivity index (χ1n) is 5.70. The van der Waals surface area contributed by atoms with Crippen molar-refractivity contribution < 1.29 is 14.6 Å². The lowest BCUT2D eigenvalue weighted by molar-refractivity contribution is 0.0698. The summed E-state index contributed by atoms with van der Waals surface area (Å²) >= 11 is 2.95. The summed E-state index contributed by atoms with van der Waals surface area (Å²) in [6, 6.07) is 3.89. The van der Waals surface area contributed by atoms with E-state index < -0.39 is 5.97 Å². The van der Waals surface area contributed by atoms with Crippen molar-refractivity contribution in [2.75, 3.05) is 6.61 Å². The predicted octanol–water partition coefficient (Wildman–Crippen LogP) is 3.69. The maximum Gasteiger partial charge on any atom is 0.349 e. The predicted molar refractivity (Wildman–Crippen MR) is 74.2 cm³/mol. The lowest BCUT2D eigenvalue weighted by atomic mass is 10.2. The number of hydrogen-bond donors (Lipinski definition) is 1. The molecule has 0 amide bonds. The van der Waals surface area contributed by atoms with Gasteiger partial charge in [0.15, 0.2) is 4.88 Å². The van der Waals surface area contributed by atoms with Gasteiger partial charge in [-0.3, -0.25) is 0 Å². The van der Waals surface area contributed by atoms with Gasteiger partial charge in [-0.1, -0.05) is 6.92 Å². The second-order valence-corrected chi connectivity index (χ2v) is 5.71. The zero-order chi connectivity index (χ0) is 13.0. The van der Waals surface area contributed by atoms with Gasteiger partial charge in [0.05, 0.1) is 6.61 Å². The van der Waals surface area contributed by atoms with Crippen LogP contribution in [-0.2, 0) is 12.8 Å². The van der Waals surface area contributed by atoms with Crippen molar-refractivity contribution in [3.05, 3.63) is 38.2 Å². The third-order valence-electron chi connectivity index (χ3n) is 2.52. The Kier molecular flexibility index (Phi) is 4.38. The maximum atomic E-state index is 11.1. The van der Waals surface area contributed by atoms with Gasteiger partial charge in [0.2, 0.25) is 0 Å². The Bertz CT molecular complexity index is 514. The Morgan fingerprint density at radius 2 is 2.33 bits per heavy atom. The van der Waals surface area contributed by atoms with Crippen molar-refractivity contribution >= 4 is 28.6 Å². The van der Waals surface area contributed by atoms with Crippen molar-refractivity contribution in [1.82, 2.24) is 0 Å². The molecule has 0 fully saturated rings. The summed E-state index contributed by atoms with van der Waals surface area (Å²) in [6.07, 6.45) is 1.64. The van der Waals surface area contributed by atoms with Crippen LogP contribution in [0.4, 0.5) is 0 Å². The van der Waals surface area contributed by atoms with E-state index in [2.05, 4.69) is 11.4 Å². The first-order chi connectivity index (χ1) is 8.70. The largest absolute Gasteiger partial charge is 0.491 e. The molecule has 0 spiro atoms. The molecule has 96 valence electrons. The van der Waals surface area contributed by atoms with Crippen LogP contribution in [-0.4, -0.2) is 17.7 Å². The fraction of sp³-hybridized carbons (Fsp3) is 0.308. The number of carboxylic acids is 1. The topological polar surface area (TPSA) is 46.5 Å². The minimum absolute atomic E-state index is 0.303. The lowest BCUT2D eigenvalue weighted by Crippen LogP contribution is -2.03. The zero-order valence-corrected chi connectivity index (χ0v) is 11.6. The van der Waals surface area contributed by atoms with E-state index in [1.807, 2.05) is 18.4 Å². The maximum absolute atomic E-state index is 11.1. The van der Waals surface area contributed by atoms with Gasteiger partial charge < -0.3 is 9.84 Å². The molecule has 2 aromatic heterocycles. The molecular weight excluding hydrogens is 268 g/mol. The summed E-state index contributed by atoms with van der Waals surface area (Å²) in [5.41, 5.74) is 1.22. The zero-order valence-electron chi connectivity index (χ0n) is 10.0. The van der Waals surface area contributed by atoms with Gasteiger partial charge in [0, 0.05) is 11.3 Å². The van der Waals surface area contributed by atoms with E-state index in [9.17, 15) is 4.79 Å². The van der Waals surface area contributed by atoms with Gasteiger partial charge in [-0.15, -0.1) is 11.3 Å². The van der Waals surface area contributed by atoms with Crippen LogP contribution < -0.4 is 4.74 Å². The highest BCUT2D eigenvalue weighted by atomic mass is 32.1. The Morgan fingerprint density at radius 1 is 1.50 bits per heavy atom. The third kappa shape index (κ3) is 3.11. The molecule has 0 unspecified atom stereocenters. The number of carboxylic acid groups (broad SMARTS) is 1. The molecule has 5 heteroatoms. The molecular formula is C13H14O3S2. The summed E-state index contributed by atoms with van der Waals surface area (Å²) in [4.78, 5) is 12.4. The molecule has 0 radical (unpaired) electrons. The van der Waals surface area contributed by atoms with Gasteiger partial charge in [-0.25, -0.2) is 4.79 Å². The summed E-state index contributed by atoms with van der Waals surface area (Å²) in [5.74, 6) is -0.412. The monoisotopic (exact) mass is 282 g/mol. The van der Waals surface area contributed by atoms with E-state index in [0.717, 1.165) is 17.7 Å². The lowest BCUT2D eigenvalue weighted by Gasteiger charge is -2.04. The van der Waals surface area contributed by atoms with Crippen LogP contribution in [0.1, 0.15) is 27.0 Å². The van der Waals surface area contributed by atoms with Crippen molar-refractivity contribution in [3.63, 3.8) is 0 Å². The van der Waals surface area contributed by atoms with Crippen molar-refractivity contribution in [1.29, 1.82) is 0 Å². The fourth-order valence-corrected chi connectivity index (χ4v) is 3.15. The molecule has 0 aliphatic carbocycles. The highest BCUT2D eigenvalue weighted by Crippen LogP contribution is 2.30. The van der Waals surface area contributed by atoms with Gasteiger partial charge >= 0.3 is 5.97 Å². The number of carbonyl (C=O) groups is 1. The number of ether oxygens (including phenoxy) is 1. The Hall–Kier alpha value is -1.33. The highest BCUT2D eigenvalue weighted by molar-refractivity contribution is 7.14. The Morgan fingerprint density at radius 3 is 2.94 bits per heavy atom. The van der Waals surface area contributed by atoms with Crippen LogP contribution >= 0.6 is 22.7 Å². The Labute approximate surface area is 114 Å². The van der Waals surface area contributed by atoms with E-state index >= 15 is 0 Å². The molecule has 2 heterocycles. The summed E-state index contributed by atoms with van der Waals surface area (Å²) in [5, 5.41) is 13.2. The molecule has 2 rings (SSSR count). The Balaban J connectivity index is 1.99. The standard InChI is InChI=1S/C13H14O3S2/c1-2-10-7-11(12(18-10)13(14)15)16-5-3-9-4-6-17-8-9/h4,6-8H,2-3,5H2,1H3,(H,14,15). The number of aryl methyl sites for hydroxylation is 1. The molecule has 0 bridgehead atoms. The molecule has 0 saturated carbocycles. The van der Waals surface area contributed by atoms with Crippen molar-refractivity contribution in [2.45, 2.75) is 19.8 Å². The minimum atomic E-state index is -0.912. The second kappa shape index (κ2) is 6.02. The summed E-state index contributed by atoms with van der Waals surface area (Å²) < 4.78 is 5.59. The van der Waals surface area contributed by atoms with Gasteiger partial charge in [-0.05, 0) is 34.9 Å². The average Bonchev–Trinajstić information content (AvgIpc) is 2.97. The second-order valence-electron chi connectivity index (χ2n) is 3.79. The van der Waals surface area contributed by atoms with Crippen LogP contribution in [0.3, 0.4) is 0 Å².